The molecule has 104 valence electrons. The maximum absolute atomic E-state index is 8.82. The number of aromatic nitrogens is 1. The van der Waals surface area contributed by atoms with Gasteiger partial charge in [0.25, 0.3) is 0 Å². The third kappa shape index (κ3) is 3.24. The van der Waals surface area contributed by atoms with Crippen LogP contribution in [0.25, 0.3) is 11.3 Å². The first-order chi connectivity index (χ1) is 9.65. The molecule has 0 spiro atoms. The predicted octanol–water partition coefficient (Wildman–Crippen LogP) is 4.42. The zero-order chi connectivity index (χ0) is 14.5. The molecule has 0 fully saturated rings. The van der Waals surface area contributed by atoms with Crippen molar-refractivity contribution < 1.29 is 4.74 Å². The van der Waals surface area contributed by atoms with Crippen molar-refractivity contribution in [2.45, 2.75) is 26.9 Å². The van der Waals surface area contributed by atoms with Crippen molar-refractivity contribution in [3.05, 3.63) is 40.2 Å². The summed E-state index contributed by atoms with van der Waals surface area (Å²) in [4.78, 5) is 4.69. The Morgan fingerprint density at radius 3 is 2.55 bits per heavy atom. The van der Waals surface area contributed by atoms with E-state index in [1.165, 1.54) is 0 Å². The molecule has 0 aliphatic rings. The summed E-state index contributed by atoms with van der Waals surface area (Å²) in [5.41, 5.74) is 2.64. The van der Waals surface area contributed by atoms with Gasteiger partial charge in [-0.1, -0.05) is 26.0 Å². The molecule has 0 bridgehead atoms. The number of nitrogens with zero attached hydrogens (tertiary/aromatic N) is 2. The second-order valence-electron chi connectivity index (χ2n) is 4.88. The Kier molecular flexibility index (Phi) is 4.89. The van der Waals surface area contributed by atoms with Gasteiger partial charge in [0.05, 0.1) is 17.3 Å². The van der Waals surface area contributed by atoms with Crippen molar-refractivity contribution in [1.29, 1.82) is 5.26 Å². The van der Waals surface area contributed by atoms with Crippen molar-refractivity contribution in [3.63, 3.8) is 0 Å². The Morgan fingerprint density at radius 1 is 1.30 bits per heavy atom. The van der Waals surface area contributed by atoms with Gasteiger partial charge in [0.1, 0.15) is 11.1 Å². The number of hydrogen-bond donors (Lipinski definition) is 0. The number of nitriles is 1. The monoisotopic (exact) mass is 286 g/mol. The molecular formula is C16H18N2OS. The van der Waals surface area contributed by atoms with Gasteiger partial charge in [0, 0.05) is 17.6 Å². The number of ether oxygens (including phenoxy) is 1. The molecular weight excluding hydrogens is 268 g/mol. The average molecular weight is 286 g/mol. The Hall–Kier alpha value is -1.70. The van der Waals surface area contributed by atoms with E-state index in [4.69, 9.17) is 10.00 Å². The van der Waals surface area contributed by atoms with E-state index in [1.807, 2.05) is 36.6 Å². The molecule has 2 rings (SSSR count). The van der Waals surface area contributed by atoms with Crippen LogP contribution in [0.4, 0.5) is 0 Å². The van der Waals surface area contributed by atoms with Crippen molar-refractivity contribution in [3.8, 4) is 17.3 Å². The second-order valence-corrected chi connectivity index (χ2v) is 5.77. The highest BCUT2D eigenvalue weighted by atomic mass is 32.1. The van der Waals surface area contributed by atoms with Gasteiger partial charge in [-0.05, 0) is 25.0 Å². The van der Waals surface area contributed by atoms with Crippen molar-refractivity contribution in [2.75, 3.05) is 6.61 Å². The zero-order valence-electron chi connectivity index (χ0n) is 12.0. The van der Waals surface area contributed by atoms with Crippen molar-refractivity contribution in [2.24, 2.45) is 5.92 Å². The number of benzene rings is 1. The molecule has 1 unspecified atom stereocenters. The van der Waals surface area contributed by atoms with Gasteiger partial charge in [-0.15, -0.1) is 11.3 Å². The molecule has 0 radical (unpaired) electrons. The van der Waals surface area contributed by atoms with E-state index in [9.17, 15) is 0 Å². The van der Waals surface area contributed by atoms with Crippen LogP contribution >= 0.6 is 11.3 Å². The van der Waals surface area contributed by atoms with E-state index in [2.05, 4.69) is 24.9 Å². The minimum atomic E-state index is 0.0529. The van der Waals surface area contributed by atoms with Crippen LogP contribution in [0.5, 0.6) is 0 Å². The van der Waals surface area contributed by atoms with Crippen LogP contribution in [0.1, 0.15) is 37.4 Å². The Balaban J connectivity index is 2.25. The third-order valence-corrected chi connectivity index (χ3v) is 3.93. The Labute approximate surface area is 123 Å². The molecule has 0 aliphatic carbocycles. The SMILES string of the molecule is CCOC(c1nc(-c2ccc(C#N)cc2)cs1)C(C)C. The Bertz CT molecular complexity index is 596. The van der Waals surface area contributed by atoms with Gasteiger partial charge in [-0.25, -0.2) is 4.98 Å². The van der Waals surface area contributed by atoms with E-state index in [0.717, 1.165) is 16.3 Å². The van der Waals surface area contributed by atoms with Gasteiger partial charge in [0.2, 0.25) is 0 Å². The lowest BCUT2D eigenvalue weighted by molar-refractivity contribution is 0.0293. The summed E-state index contributed by atoms with van der Waals surface area (Å²) in [5, 5.41) is 11.9. The van der Waals surface area contributed by atoms with E-state index < -0.39 is 0 Å². The van der Waals surface area contributed by atoms with Crippen LogP contribution in [-0.4, -0.2) is 11.6 Å². The molecule has 20 heavy (non-hydrogen) atoms. The fraction of sp³-hybridized carbons (Fsp3) is 0.375. The minimum Gasteiger partial charge on any atom is -0.371 e. The summed E-state index contributed by atoms with van der Waals surface area (Å²) in [6, 6.07) is 9.62. The van der Waals surface area contributed by atoms with E-state index in [1.54, 1.807) is 11.3 Å². The fourth-order valence-electron chi connectivity index (χ4n) is 1.99. The highest BCUT2D eigenvalue weighted by molar-refractivity contribution is 7.10. The first-order valence-electron chi connectivity index (χ1n) is 6.73. The van der Waals surface area contributed by atoms with Gasteiger partial charge in [-0.2, -0.15) is 5.26 Å². The van der Waals surface area contributed by atoms with Crippen molar-refractivity contribution >= 4 is 11.3 Å². The zero-order valence-corrected chi connectivity index (χ0v) is 12.8. The second kappa shape index (κ2) is 6.65. The van der Waals surface area contributed by atoms with Gasteiger partial charge >= 0.3 is 0 Å². The van der Waals surface area contributed by atoms with Crippen LogP contribution < -0.4 is 0 Å². The van der Waals surface area contributed by atoms with Crippen LogP contribution in [0.3, 0.4) is 0 Å². The smallest absolute Gasteiger partial charge is 0.122 e. The minimum absolute atomic E-state index is 0.0529. The van der Waals surface area contributed by atoms with Crippen LogP contribution in [-0.2, 0) is 4.74 Å². The molecule has 0 saturated heterocycles. The van der Waals surface area contributed by atoms with Crippen LogP contribution in [0.15, 0.2) is 29.6 Å². The lowest BCUT2D eigenvalue weighted by Crippen LogP contribution is -2.10. The first kappa shape index (κ1) is 14.7. The lowest BCUT2D eigenvalue weighted by Gasteiger charge is -2.18. The summed E-state index contributed by atoms with van der Waals surface area (Å²) in [7, 11) is 0. The highest BCUT2D eigenvalue weighted by Crippen LogP contribution is 2.31. The van der Waals surface area contributed by atoms with Crippen molar-refractivity contribution in [1.82, 2.24) is 4.98 Å². The molecule has 2 aromatic rings. The molecule has 0 N–H and O–H groups in total. The number of thiazole rings is 1. The molecule has 0 aliphatic heterocycles. The molecule has 1 heterocycles. The topological polar surface area (TPSA) is 45.9 Å². The first-order valence-corrected chi connectivity index (χ1v) is 7.61. The quantitative estimate of drug-likeness (QED) is 0.817. The molecule has 0 amide bonds. The Morgan fingerprint density at radius 2 is 2.00 bits per heavy atom. The highest BCUT2D eigenvalue weighted by Gasteiger charge is 2.19. The molecule has 1 aromatic heterocycles. The summed E-state index contributed by atoms with van der Waals surface area (Å²) >= 11 is 1.63. The average Bonchev–Trinajstić information content (AvgIpc) is 2.94. The summed E-state index contributed by atoms with van der Waals surface area (Å²) < 4.78 is 5.78. The maximum atomic E-state index is 8.82. The standard InChI is InChI=1S/C16H18N2OS/c1-4-19-15(11(2)3)16-18-14(10-20-16)13-7-5-12(9-17)6-8-13/h5-8,10-11,15H,4H2,1-3H3. The molecule has 1 atom stereocenters. The largest absolute Gasteiger partial charge is 0.371 e. The number of rotatable bonds is 5. The third-order valence-electron chi connectivity index (χ3n) is 3.03. The van der Waals surface area contributed by atoms with Gasteiger partial charge in [-0.3, -0.25) is 0 Å². The van der Waals surface area contributed by atoms with Crippen LogP contribution in [0, 0.1) is 17.2 Å². The van der Waals surface area contributed by atoms with E-state index in [-0.39, 0.29) is 6.10 Å². The molecule has 1 aromatic carbocycles. The maximum Gasteiger partial charge on any atom is 0.122 e. The van der Waals surface area contributed by atoms with E-state index in [0.29, 0.717) is 18.1 Å². The fourth-order valence-corrected chi connectivity index (χ4v) is 3.04. The lowest BCUT2D eigenvalue weighted by atomic mass is 10.1. The number of hydrogen-bond acceptors (Lipinski definition) is 4. The summed E-state index contributed by atoms with van der Waals surface area (Å²) in [6.07, 6.45) is 0.0529. The molecule has 4 heteroatoms. The normalized spacial score (nSPS) is 12.3. The summed E-state index contributed by atoms with van der Waals surface area (Å²) in [5.74, 6) is 0.398. The van der Waals surface area contributed by atoms with Gasteiger partial charge in [0.15, 0.2) is 0 Å². The summed E-state index contributed by atoms with van der Waals surface area (Å²) in [6.45, 7) is 6.98. The van der Waals surface area contributed by atoms with Gasteiger partial charge < -0.3 is 4.74 Å². The predicted molar refractivity (Wildman–Crippen MR) is 81.5 cm³/mol. The molecule has 0 saturated carbocycles. The molecule has 3 nitrogen and oxygen atoms in total. The van der Waals surface area contributed by atoms with E-state index >= 15 is 0 Å². The van der Waals surface area contributed by atoms with Crippen LogP contribution in [0.2, 0.25) is 0 Å².